The van der Waals surface area contributed by atoms with Gasteiger partial charge < -0.3 is 5.11 Å². The largest absolute Gasteiger partial charge is 0.507 e. The zero-order chi connectivity index (χ0) is 8.43. The summed E-state index contributed by atoms with van der Waals surface area (Å²) in [6.45, 7) is 0. The lowest BCUT2D eigenvalue weighted by molar-refractivity contribution is 0.471. The molecule has 0 unspecified atom stereocenters. The minimum absolute atomic E-state index is 0.266. The Kier molecular flexibility index (Phi) is 3.40. The van der Waals surface area contributed by atoms with Crippen molar-refractivity contribution in [1.29, 1.82) is 0 Å². The van der Waals surface area contributed by atoms with Gasteiger partial charge in [0, 0.05) is 9.80 Å². The predicted octanol–water partition coefficient (Wildman–Crippen LogP) is 3.81. The van der Waals surface area contributed by atoms with E-state index >= 15 is 0 Å². The van der Waals surface area contributed by atoms with Crippen LogP contribution in [-0.2, 0) is 5.33 Å². The molecule has 1 N–H and O–H groups in total. The van der Waals surface area contributed by atoms with Gasteiger partial charge in [-0.2, -0.15) is 0 Å². The summed E-state index contributed by atoms with van der Waals surface area (Å²) in [5.74, 6) is 0.266. The Morgan fingerprint density at radius 3 is 2.36 bits per heavy atom. The molecule has 4 heteroatoms. The normalized spacial score (nSPS) is 10.1. The molecule has 0 spiro atoms. The molecular formula is C7H5Br3O. The van der Waals surface area contributed by atoms with Crippen LogP contribution in [0.15, 0.2) is 21.1 Å². The third-order valence-corrected chi connectivity index (χ3v) is 3.24. The number of phenolic OH excluding ortho intramolecular Hbond substituents is 1. The van der Waals surface area contributed by atoms with Crippen molar-refractivity contribution >= 4 is 47.8 Å². The van der Waals surface area contributed by atoms with E-state index in [9.17, 15) is 5.11 Å². The van der Waals surface area contributed by atoms with Crippen molar-refractivity contribution in [2.45, 2.75) is 5.33 Å². The molecular weight excluding hydrogens is 340 g/mol. The number of aromatic hydroxyl groups is 1. The van der Waals surface area contributed by atoms with Gasteiger partial charge in [0.1, 0.15) is 5.75 Å². The van der Waals surface area contributed by atoms with E-state index < -0.39 is 0 Å². The van der Waals surface area contributed by atoms with E-state index in [2.05, 4.69) is 47.8 Å². The highest BCUT2D eigenvalue weighted by Crippen LogP contribution is 2.31. The van der Waals surface area contributed by atoms with Crippen LogP contribution in [0.1, 0.15) is 5.56 Å². The summed E-state index contributed by atoms with van der Waals surface area (Å²) in [5.41, 5.74) is 1.03. The molecule has 0 aromatic heterocycles. The van der Waals surface area contributed by atoms with Crippen molar-refractivity contribution in [3.8, 4) is 5.75 Å². The summed E-state index contributed by atoms with van der Waals surface area (Å²) in [6, 6.07) is 3.54. The summed E-state index contributed by atoms with van der Waals surface area (Å²) in [7, 11) is 0. The molecule has 0 atom stereocenters. The average molecular weight is 345 g/mol. The molecule has 1 aromatic rings. The predicted molar refractivity (Wildman–Crippen MR) is 56.1 cm³/mol. The second-order valence-electron chi connectivity index (χ2n) is 2.03. The lowest BCUT2D eigenvalue weighted by Gasteiger charge is -2.02. The second kappa shape index (κ2) is 3.92. The molecule has 0 bridgehead atoms. The van der Waals surface area contributed by atoms with Gasteiger partial charge in [-0.05, 0) is 33.6 Å². The molecule has 0 aliphatic rings. The highest BCUT2D eigenvalue weighted by Gasteiger charge is 2.03. The fourth-order valence-electron chi connectivity index (χ4n) is 0.683. The van der Waals surface area contributed by atoms with Crippen LogP contribution >= 0.6 is 47.8 Å². The minimum Gasteiger partial charge on any atom is -0.507 e. The topological polar surface area (TPSA) is 20.2 Å². The van der Waals surface area contributed by atoms with E-state index in [0.29, 0.717) is 4.47 Å². The Bertz CT molecular complexity index is 273. The molecule has 0 aliphatic carbocycles. The summed E-state index contributed by atoms with van der Waals surface area (Å²) >= 11 is 9.89. The number of halogens is 3. The Labute approximate surface area is 90.2 Å². The highest BCUT2D eigenvalue weighted by molar-refractivity contribution is 9.11. The van der Waals surface area contributed by atoms with Crippen LogP contribution in [0.5, 0.6) is 5.75 Å². The van der Waals surface area contributed by atoms with Gasteiger partial charge in [-0.3, -0.25) is 0 Å². The first-order valence-electron chi connectivity index (χ1n) is 2.88. The van der Waals surface area contributed by atoms with Crippen LogP contribution in [0, 0.1) is 0 Å². The standard InChI is InChI=1S/C7H5Br3O/c8-3-4-1-7(11)6(10)2-5(4)9/h1-2,11H,3H2. The molecule has 0 amide bonds. The fourth-order valence-corrected chi connectivity index (χ4v) is 2.66. The van der Waals surface area contributed by atoms with E-state index in [1.54, 1.807) is 6.07 Å². The zero-order valence-electron chi connectivity index (χ0n) is 5.44. The summed E-state index contributed by atoms with van der Waals surface area (Å²) in [5, 5.41) is 10.00. The lowest BCUT2D eigenvalue weighted by Crippen LogP contribution is -1.80. The van der Waals surface area contributed by atoms with Crippen LogP contribution in [0.25, 0.3) is 0 Å². The molecule has 60 valence electrons. The molecule has 0 saturated carbocycles. The Hall–Kier alpha value is 0.460. The van der Waals surface area contributed by atoms with Crippen molar-refractivity contribution in [3.63, 3.8) is 0 Å². The molecule has 0 radical (unpaired) electrons. The number of hydrogen-bond donors (Lipinski definition) is 1. The van der Waals surface area contributed by atoms with Gasteiger partial charge in [0.2, 0.25) is 0 Å². The van der Waals surface area contributed by atoms with Gasteiger partial charge in [0.25, 0.3) is 0 Å². The number of benzene rings is 1. The van der Waals surface area contributed by atoms with Crippen molar-refractivity contribution in [2.24, 2.45) is 0 Å². The van der Waals surface area contributed by atoms with Gasteiger partial charge in [-0.1, -0.05) is 31.9 Å². The monoisotopic (exact) mass is 342 g/mol. The number of hydrogen-bond acceptors (Lipinski definition) is 1. The van der Waals surface area contributed by atoms with E-state index in [4.69, 9.17) is 0 Å². The minimum atomic E-state index is 0.266. The van der Waals surface area contributed by atoms with Gasteiger partial charge in [0.15, 0.2) is 0 Å². The summed E-state index contributed by atoms with van der Waals surface area (Å²) in [4.78, 5) is 0. The number of phenols is 1. The highest BCUT2D eigenvalue weighted by atomic mass is 79.9. The van der Waals surface area contributed by atoms with E-state index in [1.165, 1.54) is 0 Å². The first kappa shape index (κ1) is 9.55. The molecule has 0 saturated heterocycles. The first-order valence-corrected chi connectivity index (χ1v) is 5.58. The summed E-state index contributed by atoms with van der Waals surface area (Å²) < 4.78 is 1.69. The van der Waals surface area contributed by atoms with Crippen molar-refractivity contribution in [3.05, 3.63) is 26.6 Å². The van der Waals surface area contributed by atoms with Crippen LogP contribution in [0.3, 0.4) is 0 Å². The molecule has 0 aliphatic heterocycles. The zero-order valence-corrected chi connectivity index (χ0v) is 10.2. The SMILES string of the molecule is Oc1cc(CBr)c(Br)cc1Br. The molecule has 11 heavy (non-hydrogen) atoms. The van der Waals surface area contributed by atoms with Crippen LogP contribution in [-0.4, -0.2) is 5.11 Å². The van der Waals surface area contributed by atoms with E-state index in [1.807, 2.05) is 6.07 Å². The fraction of sp³-hybridized carbons (Fsp3) is 0.143. The molecule has 0 fully saturated rings. The number of rotatable bonds is 1. The van der Waals surface area contributed by atoms with Crippen LogP contribution < -0.4 is 0 Å². The maximum Gasteiger partial charge on any atom is 0.130 e. The number of alkyl halides is 1. The summed E-state index contributed by atoms with van der Waals surface area (Å²) in [6.07, 6.45) is 0. The second-order valence-corrected chi connectivity index (χ2v) is 4.30. The lowest BCUT2D eigenvalue weighted by atomic mass is 10.2. The quantitative estimate of drug-likeness (QED) is 0.768. The third-order valence-electron chi connectivity index (χ3n) is 1.26. The van der Waals surface area contributed by atoms with Gasteiger partial charge in [0.05, 0.1) is 4.47 Å². The van der Waals surface area contributed by atoms with Crippen LogP contribution in [0.2, 0.25) is 0 Å². The maximum atomic E-state index is 9.27. The Morgan fingerprint density at radius 1 is 1.18 bits per heavy atom. The molecule has 1 rings (SSSR count). The van der Waals surface area contributed by atoms with Gasteiger partial charge >= 0.3 is 0 Å². The van der Waals surface area contributed by atoms with Crippen molar-refractivity contribution in [2.75, 3.05) is 0 Å². The first-order chi connectivity index (χ1) is 5.15. The van der Waals surface area contributed by atoms with E-state index in [-0.39, 0.29) is 5.75 Å². The van der Waals surface area contributed by atoms with Crippen molar-refractivity contribution in [1.82, 2.24) is 0 Å². The Balaban J connectivity index is 3.21. The molecule has 0 heterocycles. The van der Waals surface area contributed by atoms with Gasteiger partial charge in [-0.25, -0.2) is 0 Å². The third kappa shape index (κ3) is 2.20. The van der Waals surface area contributed by atoms with Gasteiger partial charge in [-0.15, -0.1) is 0 Å². The molecule has 1 aromatic carbocycles. The Morgan fingerprint density at radius 2 is 1.82 bits per heavy atom. The average Bonchev–Trinajstić information content (AvgIpc) is 1.97. The maximum absolute atomic E-state index is 9.27. The smallest absolute Gasteiger partial charge is 0.130 e. The van der Waals surface area contributed by atoms with E-state index in [0.717, 1.165) is 15.4 Å². The van der Waals surface area contributed by atoms with Crippen LogP contribution in [0.4, 0.5) is 0 Å². The van der Waals surface area contributed by atoms with Crippen molar-refractivity contribution < 1.29 is 5.11 Å². The molecule has 1 nitrogen and oxygen atoms in total.